The van der Waals surface area contributed by atoms with Gasteiger partial charge in [0, 0.05) is 12.4 Å². The average Bonchev–Trinajstić information content (AvgIpc) is 3.55. The molecule has 198 valence electrons. The van der Waals surface area contributed by atoms with Gasteiger partial charge in [-0.2, -0.15) is 4.39 Å². The first kappa shape index (κ1) is 25.8. The van der Waals surface area contributed by atoms with Crippen molar-refractivity contribution in [3.8, 4) is 0 Å². The summed E-state index contributed by atoms with van der Waals surface area (Å²) >= 11 is 0. The number of aromatic nitrogens is 2. The van der Waals surface area contributed by atoms with E-state index in [0.717, 1.165) is 4.57 Å². The number of ether oxygens (including phenoxy) is 4. The standard InChI is InChI=1S/C29H23FN2O7/c30-29-31-16-17-32(29)25-24(39-28(35)21-14-8-3-9-15-21)23(38-27(34)20-12-6-2-7-13-20)22(37-25)18-36-26(33)19-10-4-1-5-11-19/h1-17,22-25H,18H2/t22-,23-,24-,25?/m1/s1. The molecule has 0 spiro atoms. The summed E-state index contributed by atoms with van der Waals surface area (Å²) in [5, 5.41) is 0. The van der Waals surface area contributed by atoms with Gasteiger partial charge in [0.15, 0.2) is 18.4 Å². The molecule has 0 saturated carbocycles. The zero-order valence-electron chi connectivity index (χ0n) is 20.5. The van der Waals surface area contributed by atoms with E-state index in [1.807, 2.05) is 0 Å². The van der Waals surface area contributed by atoms with Crippen molar-refractivity contribution < 1.29 is 37.7 Å². The van der Waals surface area contributed by atoms with Gasteiger partial charge in [0.05, 0.1) is 16.7 Å². The van der Waals surface area contributed by atoms with E-state index in [-0.39, 0.29) is 17.7 Å². The van der Waals surface area contributed by atoms with Crippen LogP contribution in [-0.2, 0) is 18.9 Å². The lowest BCUT2D eigenvalue weighted by atomic mass is 10.1. The molecule has 1 saturated heterocycles. The zero-order chi connectivity index (χ0) is 27.2. The van der Waals surface area contributed by atoms with Crippen LogP contribution in [0.4, 0.5) is 4.39 Å². The third-order valence-corrected chi connectivity index (χ3v) is 6.07. The maximum absolute atomic E-state index is 14.6. The Bertz CT molecular complexity index is 1430. The number of rotatable bonds is 8. The van der Waals surface area contributed by atoms with Gasteiger partial charge in [0.1, 0.15) is 12.7 Å². The van der Waals surface area contributed by atoms with Crippen molar-refractivity contribution in [3.63, 3.8) is 0 Å². The molecule has 1 aliphatic rings. The van der Waals surface area contributed by atoms with Crippen LogP contribution >= 0.6 is 0 Å². The number of nitrogens with zero attached hydrogens (tertiary/aromatic N) is 2. The Morgan fingerprint density at radius 3 is 1.72 bits per heavy atom. The first-order valence-corrected chi connectivity index (χ1v) is 12.1. The van der Waals surface area contributed by atoms with Crippen LogP contribution in [0.15, 0.2) is 103 Å². The number of hydrogen-bond acceptors (Lipinski definition) is 8. The Balaban J connectivity index is 1.45. The summed E-state index contributed by atoms with van der Waals surface area (Å²) in [5.74, 6) is -2.10. The number of carbonyl (C=O) groups is 3. The Morgan fingerprint density at radius 2 is 1.23 bits per heavy atom. The van der Waals surface area contributed by atoms with Crippen molar-refractivity contribution in [2.45, 2.75) is 24.5 Å². The van der Waals surface area contributed by atoms with E-state index in [2.05, 4.69) is 4.98 Å². The predicted molar refractivity (Wildman–Crippen MR) is 134 cm³/mol. The monoisotopic (exact) mass is 530 g/mol. The van der Waals surface area contributed by atoms with Gasteiger partial charge in [-0.25, -0.2) is 19.4 Å². The van der Waals surface area contributed by atoms with Gasteiger partial charge in [-0.05, 0) is 36.4 Å². The van der Waals surface area contributed by atoms with Gasteiger partial charge >= 0.3 is 17.9 Å². The molecule has 39 heavy (non-hydrogen) atoms. The molecule has 4 atom stereocenters. The molecule has 0 N–H and O–H groups in total. The second-order valence-electron chi connectivity index (χ2n) is 8.61. The highest BCUT2D eigenvalue weighted by atomic mass is 19.1. The molecule has 0 bridgehead atoms. The molecule has 5 rings (SSSR count). The largest absolute Gasteiger partial charge is 0.459 e. The Kier molecular flexibility index (Phi) is 7.74. The highest BCUT2D eigenvalue weighted by molar-refractivity contribution is 5.91. The number of benzene rings is 3. The minimum absolute atomic E-state index is 0.231. The number of halogens is 1. The number of esters is 3. The Hall–Kier alpha value is -4.83. The molecule has 9 nitrogen and oxygen atoms in total. The second-order valence-corrected chi connectivity index (χ2v) is 8.61. The van der Waals surface area contributed by atoms with Crippen LogP contribution in [0.5, 0.6) is 0 Å². The van der Waals surface area contributed by atoms with Gasteiger partial charge in [-0.3, -0.25) is 4.57 Å². The third kappa shape index (κ3) is 5.86. The van der Waals surface area contributed by atoms with Crippen LogP contribution in [0, 0.1) is 6.08 Å². The SMILES string of the molecule is O=C(OC[C@H]1OC(n2ccnc2F)[C@H](OC(=O)c2ccccc2)[C@@H]1OC(=O)c1ccccc1)c1ccccc1. The summed E-state index contributed by atoms with van der Waals surface area (Å²) in [6, 6.07) is 24.6. The van der Waals surface area contributed by atoms with E-state index >= 15 is 0 Å². The predicted octanol–water partition coefficient (Wildman–Crippen LogP) is 4.23. The lowest BCUT2D eigenvalue weighted by Crippen LogP contribution is -2.41. The van der Waals surface area contributed by atoms with Crippen molar-refractivity contribution >= 4 is 17.9 Å². The van der Waals surface area contributed by atoms with Crippen molar-refractivity contribution in [2.24, 2.45) is 0 Å². The van der Waals surface area contributed by atoms with E-state index < -0.39 is 48.5 Å². The maximum atomic E-state index is 14.6. The highest BCUT2D eigenvalue weighted by Gasteiger charge is 2.51. The zero-order valence-corrected chi connectivity index (χ0v) is 20.5. The van der Waals surface area contributed by atoms with Gasteiger partial charge in [0.25, 0.3) is 6.08 Å². The van der Waals surface area contributed by atoms with Crippen molar-refractivity contribution in [2.75, 3.05) is 6.61 Å². The fourth-order valence-electron chi connectivity index (χ4n) is 4.17. The molecule has 3 aromatic carbocycles. The topological polar surface area (TPSA) is 106 Å². The summed E-state index contributed by atoms with van der Waals surface area (Å²) in [5.41, 5.74) is 0.773. The summed E-state index contributed by atoms with van der Waals surface area (Å²) in [6.45, 7) is -0.368. The first-order valence-electron chi connectivity index (χ1n) is 12.1. The van der Waals surface area contributed by atoms with Crippen LogP contribution in [0.1, 0.15) is 37.3 Å². The van der Waals surface area contributed by atoms with E-state index in [1.165, 1.54) is 12.4 Å². The fraction of sp³-hybridized carbons (Fsp3) is 0.172. The summed E-state index contributed by atoms with van der Waals surface area (Å²) in [4.78, 5) is 42.3. The van der Waals surface area contributed by atoms with Gasteiger partial charge in [-0.15, -0.1) is 0 Å². The van der Waals surface area contributed by atoms with Crippen molar-refractivity contribution in [3.05, 3.63) is 126 Å². The van der Waals surface area contributed by atoms with Crippen LogP contribution in [0.3, 0.4) is 0 Å². The molecule has 2 heterocycles. The minimum atomic E-state index is -1.31. The average molecular weight is 531 g/mol. The number of carbonyl (C=O) groups excluding carboxylic acids is 3. The minimum Gasteiger partial charge on any atom is -0.459 e. The smallest absolute Gasteiger partial charge is 0.338 e. The molecule has 4 aromatic rings. The van der Waals surface area contributed by atoms with E-state index in [1.54, 1.807) is 91.0 Å². The molecule has 1 unspecified atom stereocenters. The Morgan fingerprint density at radius 1 is 0.744 bits per heavy atom. The molecule has 0 amide bonds. The van der Waals surface area contributed by atoms with Crippen LogP contribution in [0.25, 0.3) is 0 Å². The van der Waals surface area contributed by atoms with Crippen LogP contribution < -0.4 is 0 Å². The Labute approximate surface area is 222 Å². The van der Waals surface area contributed by atoms with Gasteiger partial charge in [-0.1, -0.05) is 54.6 Å². The summed E-state index contributed by atoms with van der Waals surface area (Å²) < 4.78 is 38.6. The molecule has 1 aromatic heterocycles. The first-order chi connectivity index (χ1) is 19.0. The lowest BCUT2D eigenvalue weighted by molar-refractivity contribution is -0.0662. The third-order valence-electron chi connectivity index (χ3n) is 6.07. The van der Waals surface area contributed by atoms with Crippen molar-refractivity contribution in [1.82, 2.24) is 9.55 Å². The van der Waals surface area contributed by atoms with E-state index in [9.17, 15) is 18.8 Å². The van der Waals surface area contributed by atoms with Gasteiger partial charge < -0.3 is 18.9 Å². The van der Waals surface area contributed by atoms with Gasteiger partial charge in [0.2, 0.25) is 0 Å². The molecular weight excluding hydrogens is 507 g/mol. The highest BCUT2D eigenvalue weighted by Crippen LogP contribution is 2.36. The molecule has 0 radical (unpaired) electrons. The van der Waals surface area contributed by atoms with Crippen LogP contribution in [-0.4, -0.2) is 52.4 Å². The maximum Gasteiger partial charge on any atom is 0.338 e. The second kappa shape index (κ2) is 11.7. The number of imidazole rings is 1. The van der Waals surface area contributed by atoms with Crippen molar-refractivity contribution in [1.29, 1.82) is 0 Å². The molecule has 1 aliphatic heterocycles. The molecule has 10 heteroatoms. The normalized spacial score (nSPS) is 20.2. The lowest BCUT2D eigenvalue weighted by Gasteiger charge is -2.24. The van der Waals surface area contributed by atoms with E-state index in [4.69, 9.17) is 18.9 Å². The number of hydrogen-bond donors (Lipinski definition) is 0. The fourth-order valence-corrected chi connectivity index (χ4v) is 4.17. The molecule has 1 fully saturated rings. The molecular formula is C29H23FN2O7. The van der Waals surface area contributed by atoms with E-state index in [0.29, 0.717) is 5.56 Å². The summed E-state index contributed by atoms with van der Waals surface area (Å²) in [7, 11) is 0. The molecule has 0 aliphatic carbocycles. The summed E-state index contributed by atoms with van der Waals surface area (Å²) in [6.07, 6.45) is -3.34. The van der Waals surface area contributed by atoms with Crippen LogP contribution in [0.2, 0.25) is 0 Å². The quantitative estimate of drug-likeness (QED) is 0.246.